The van der Waals surface area contributed by atoms with Crippen molar-refractivity contribution < 1.29 is 18.0 Å². The fourth-order valence-corrected chi connectivity index (χ4v) is 1.54. The normalized spacial score (nSPS) is 12.0. The van der Waals surface area contributed by atoms with Gasteiger partial charge in [-0.1, -0.05) is 11.6 Å². The summed E-state index contributed by atoms with van der Waals surface area (Å²) in [6.45, 7) is 0. The van der Waals surface area contributed by atoms with Crippen LogP contribution in [0.15, 0.2) is 24.7 Å². The fourth-order valence-electron chi connectivity index (χ4n) is 1.28. The molecule has 2 aromatic heterocycles. The maximum absolute atomic E-state index is 12.2. The summed E-state index contributed by atoms with van der Waals surface area (Å²) in [6.07, 6.45) is -1.07. The van der Waals surface area contributed by atoms with E-state index >= 15 is 0 Å². The van der Waals surface area contributed by atoms with Crippen molar-refractivity contribution in [2.24, 2.45) is 0 Å². The van der Waals surface area contributed by atoms with Gasteiger partial charge in [0.25, 0.3) is 5.78 Å². The number of aromatic nitrogens is 2. The second-order valence-electron chi connectivity index (χ2n) is 3.06. The van der Waals surface area contributed by atoms with E-state index in [4.69, 9.17) is 11.6 Å². The van der Waals surface area contributed by atoms with Crippen LogP contribution < -0.4 is 0 Å². The Balaban J connectivity index is 2.58. The topological polar surface area (TPSA) is 34.4 Å². The van der Waals surface area contributed by atoms with Gasteiger partial charge in [0.05, 0.1) is 5.02 Å². The van der Waals surface area contributed by atoms with E-state index in [9.17, 15) is 18.0 Å². The molecule has 0 unspecified atom stereocenters. The molecule has 84 valence electrons. The Morgan fingerprint density at radius 3 is 2.75 bits per heavy atom. The number of rotatable bonds is 1. The average molecular weight is 249 g/mol. The van der Waals surface area contributed by atoms with Crippen LogP contribution in [0, 0.1) is 0 Å². The lowest BCUT2D eigenvalue weighted by Crippen LogP contribution is -2.23. The van der Waals surface area contributed by atoms with Crippen LogP contribution in [0.3, 0.4) is 0 Å². The van der Waals surface area contributed by atoms with Gasteiger partial charge in [0.1, 0.15) is 0 Å². The Kier molecular flexibility index (Phi) is 2.38. The number of Topliss-reactive ketones (excluding diaryl/α,β-unsaturated/α-hetero) is 1. The molecule has 0 atom stereocenters. The largest absolute Gasteiger partial charge is 0.454 e. The SMILES string of the molecule is O=C(c1cc(Cl)c2nccn2c1)C(F)(F)F. The first-order valence-corrected chi connectivity index (χ1v) is 4.51. The van der Waals surface area contributed by atoms with Crippen LogP contribution in [0.5, 0.6) is 0 Å². The Bertz CT molecular complexity index is 561. The maximum Gasteiger partial charge on any atom is 0.454 e. The number of carbonyl (C=O) groups excluding carboxylic acids is 1. The molecule has 2 aromatic rings. The zero-order chi connectivity index (χ0) is 11.9. The van der Waals surface area contributed by atoms with Crippen molar-refractivity contribution in [2.45, 2.75) is 6.18 Å². The molecule has 0 fully saturated rings. The second-order valence-corrected chi connectivity index (χ2v) is 3.47. The summed E-state index contributed by atoms with van der Waals surface area (Å²) in [6, 6.07) is 0.958. The van der Waals surface area contributed by atoms with Crippen LogP contribution in [-0.2, 0) is 0 Å². The highest BCUT2D eigenvalue weighted by molar-refractivity contribution is 6.33. The Labute approximate surface area is 92.5 Å². The first-order chi connectivity index (χ1) is 7.39. The van der Waals surface area contributed by atoms with Gasteiger partial charge in [0.2, 0.25) is 0 Å². The zero-order valence-electron chi connectivity index (χ0n) is 7.62. The first-order valence-electron chi connectivity index (χ1n) is 4.13. The predicted molar refractivity (Wildman–Crippen MR) is 50.6 cm³/mol. The summed E-state index contributed by atoms with van der Waals surface area (Å²) in [5.74, 6) is -1.93. The van der Waals surface area contributed by atoms with Gasteiger partial charge in [-0.2, -0.15) is 13.2 Å². The number of halogens is 4. The van der Waals surface area contributed by atoms with E-state index in [2.05, 4.69) is 4.98 Å². The third kappa shape index (κ3) is 1.76. The first kappa shape index (κ1) is 10.9. The molecule has 0 radical (unpaired) electrons. The number of nitrogens with zero attached hydrogens (tertiary/aromatic N) is 2. The minimum Gasteiger partial charge on any atom is -0.305 e. The van der Waals surface area contributed by atoms with Gasteiger partial charge >= 0.3 is 6.18 Å². The van der Waals surface area contributed by atoms with Crippen LogP contribution in [0.25, 0.3) is 5.65 Å². The molecule has 2 rings (SSSR count). The summed E-state index contributed by atoms with van der Waals surface area (Å²) < 4.78 is 37.8. The van der Waals surface area contributed by atoms with Gasteiger partial charge in [-0.05, 0) is 6.07 Å². The molecule has 0 saturated heterocycles. The molecule has 0 N–H and O–H groups in total. The lowest BCUT2D eigenvalue weighted by Gasteiger charge is -2.06. The van der Waals surface area contributed by atoms with Crippen molar-refractivity contribution >= 4 is 23.0 Å². The van der Waals surface area contributed by atoms with Crippen molar-refractivity contribution in [3.8, 4) is 0 Å². The van der Waals surface area contributed by atoms with Crippen LogP contribution in [-0.4, -0.2) is 21.3 Å². The average Bonchev–Trinajstić information content (AvgIpc) is 2.63. The molecule has 0 aliphatic heterocycles. The second kappa shape index (κ2) is 3.48. The summed E-state index contributed by atoms with van der Waals surface area (Å²) >= 11 is 5.69. The summed E-state index contributed by atoms with van der Waals surface area (Å²) in [7, 11) is 0. The molecule has 0 saturated carbocycles. The Hall–Kier alpha value is -1.56. The summed E-state index contributed by atoms with van der Waals surface area (Å²) in [5.41, 5.74) is -0.205. The highest BCUT2D eigenvalue weighted by atomic mass is 35.5. The van der Waals surface area contributed by atoms with Gasteiger partial charge in [0.15, 0.2) is 5.65 Å². The summed E-state index contributed by atoms with van der Waals surface area (Å²) in [4.78, 5) is 14.8. The lowest BCUT2D eigenvalue weighted by atomic mass is 10.2. The van der Waals surface area contributed by atoms with E-state index in [-0.39, 0.29) is 5.02 Å². The molecule has 3 nitrogen and oxygen atoms in total. The van der Waals surface area contributed by atoms with Gasteiger partial charge in [-0.25, -0.2) is 4.98 Å². The maximum atomic E-state index is 12.2. The van der Waals surface area contributed by atoms with E-state index in [1.54, 1.807) is 0 Å². The highest BCUT2D eigenvalue weighted by Crippen LogP contribution is 2.24. The van der Waals surface area contributed by atoms with E-state index < -0.39 is 17.5 Å². The number of ketones is 1. The van der Waals surface area contributed by atoms with Crippen molar-refractivity contribution in [1.29, 1.82) is 0 Å². The Morgan fingerprint density at radius 1 is 1.44 bits per heavy atom. The van der Waals surface area contributed by atoms with E-state index in [0.717, 1.165) is 12.3 Å². The third-order valence-corrected chi connectivity index (χ3v) is 2.24. The van der Waals surface area contributed by atoms with Gasteiger partial charge in [-0.15, -0.1) is 0 Å². The third-order valence-electron chi connectivity index (χ3n) is 1.96. The van der Waals surface area contributed by atoms with Gasteiger partial charge < -0.3 is 4.40 Å². The molecule has 0 amide bonds. The molecule has 0 aliphatic rings. The van der Waals surface area contributed by atoms with E-state index in [0.29, 0.717) is 5.65 Å². The number of fused-ring (bicyclic) bond motifs is 1. The molecule has 2 heterocycles. The molecule has 16 heavy (non-hydrogen) atoms. The molecule has 7 heteroatoms. The van der Waals surface area contributed by atoms with Crippen LogP contribution in [0.4, 0.5) is 13.2 Å². The minimum absolute atomic E-state index is 0.0000926. The number of alkyl halides is 3. The molecular formula is C9H4ClF3N2O. The minimum atomic E-state index is -4.91. The number of carbonyl (C=O) groups is 1. The molecular weight excluding hydrogens is 245 g/mol. The molecule has 0 bridgehead atoms. The van der Waals surface area contributed by atoms with Crippen molar-refractivity contribution in [3.05, 3.63) is 35.2 Å². The van der Waals surface area contributed by atoms with Crippen molar-refractivity contribution in [3.63, 3.8) is 0 Å². The zero-order valence-corrected chi connectivity index (χ0v) is 8.38. The summed E-state index contributed by atoms with van der Waals surface area (Å²) in [5, 5.41) is 0.0000926. The fraction of sp³-hybridized carbons (Fsp3) is 0.111. The Morgan fingerprint density at radius 2 is 2.12 bits per heavy atom. The van der Waals surface area contributed by atoms with Crippen LogP contribution >= 0.6 is 11.6 Å². The number of hydrogen-bond acceptors (Lipinski definition) is 2. The molecule has 0 aromatic carbocycles. The van der Waals surface area contributed by atoms with Crippen LogP contribution in [0.2, 0.25) is 5.02 Å². The number of imidazole rings is 1. The van der Waals surface area contributed by atoms with Gasteiger partial charge in [-0.3, -0.25) is 4.79 Å². The standard InChI is InChI=1S/C9H4ClF3N2O/c10-6-3-5(7(16)9(11,12)13)4-15-2-1-14-8(6)15/h1-4H. The highest BCUT2D eigenvalue weighted by Gasteiger charge is 2.39. The predicted octanol–water partition coefficient (Wildman–Crippen LogP) is 2.73. The van der Waals surface area contributed by atoms with Crippen LogP contribution in [0.1, 0.15) is 10.4 Å². The van der Waals surface area contributed by atoms with Crippen molar-refractivity contribution in [1.82, 2.24) is 9.38 Å². The quantitative estimate of drug-likeness (QED) is 0.727. The monoisotopic (exact) mass is 248 g/mol. The van der Waals surface area contributed by atoms with Gasteiger partial charge in [0, 0.05) is 24.2 Å². The molecule has 0 aliphatic carbocycles. The smallest absolute Gasteiger partial charge is 0.305 e. The van der Waals surface area contributed by atoms with E-state index in [1.165, 1.54) is 16.8 Å². The lowest BCUT2D eigenvalue weighted by molar-refractivity contribution is -0.0885. The number of pyridine rings is 1. The van der Waals surface area contributed by atoms with E-state index in [1.807, 2.05) is 0 Å². The number of hydrogen-bond donors (Lipinski definition) is 0. The molecule has 0 spiro atoms. The van der Waals surface area contributed by atoms with Crippen molar-refractivity contribution in [2.75, 3.05) is 0 Å².